The van der Waals surface area contributed by atoms with E-state index in [1.54, 1.807) is 11.3 Å². The number of nitrogen functional groups attached to an aromatic ring is 1. The predicted molar refractivity (Wildman–Crippen MR) is 110 cm³/mol. The Bertz CT molecular complexity index is 1040. The average Bonchev–Trinajstić information content (AvgIpc) is 3.05. The van der Waals surface area contributed by atoms with Gasteiger partial charge in [0, 0.05) is 14.3 Å². The van der Waals surface area contributed by atoms with Crippen LogP contribution in [0.3, 0.4) is 0 Å². The monoisotopic (exact) mass is 351 g/mol. The highest BCUT2D eigenvalue weighted by Crippen LogP contribution is 2.38. The topological polar surface area (TPSA) is 26.0 Å². The molecule has 0 aliphatic rings. The molecule has 24 heavy (non-hydrogen) atoms. The van der Waals surface area contributed by atoms with Crippen molar-refractivity contribution in [3.63, 3.8) is 0 Å². The van der Waals surface area contributed by atoms with E-state index >= 15 is 0 Å². The zero-order chi connectivity index (χ0) is 16.8. The van der Waals surface area contributed by atoms with Crippen LogP contribution in [0.5, 0.6) is 0 Å². The molecule has 0 spiro atoms. The van der Waals surface area contributed by atoms with Gasteiger partial charge in [-0.2, -0.15) is 0 Å². The molecule has 2 N–H and O–H groups in total. The van der Waals surface area contributed by atoms with Gasteiger partial charge in [-0.15, -0.1) is 22.7 Å². The molecule has 1 nitrogen and oxygen atoms in total. The Morgan fingerprint density at radius 2 is 1.67 bits per heavy atom. The van der Waals surface area contributed by atoms with Gasteiger partial charge in [-0.05, 0) is 65.8 Å². The first-order valence-corrected chi connectivity index (χ1v) is 9.93. The van der Waals surface area contributed by atoms with Crippen LogP contribution in [0.2, 0.25) is 0 Å². The van der Waals surface area contributed by atoms with Crippen molar-refractivity contribution in [1.29, 1.82) is 0 Å². The Hall–Kier alpha value is -1.84. The molecule has 3 heteroatoms. The minimum absolute atomic E-state index is 0.526. The Balaban J connectivity index is 1.67. The molecule has 1 atom stereocenters. The first-order valence-electron chi connectivity index (χ1n) is 8.30. The number of anilines is 1. The minimum Gasteiger partial charge on any atom is -0.390 e. The normalized spacial score (nSPS) is 13.0. The molecule has 2 aromatic carbocycles. The van der Waals surface area contributed by atoms with Crippen molar-refractivity contribution in [2.45, 2.75) is 33.1 Å². The molecule has 0 amide bonds. The summed E-state index contributed by atoms with van der Waals surface area (Å²) in [6.07, 6.45) is 1.07. The molecular formula is C21H21NS2. The summed E-state index contributed by atoms with van der Waals surface area (Å²) in [6.45, 7) is 6.71. The smallest absolute Gasteiger partial charge is 0.0898 e. The van der Waals surface area contributed by atoms with Crippen molar-refractivity contribution in [3.8, 4) is 0 Å². The fraction of sp³-hybridized carbons (Fsp3) is 0.238. The summed E-state index contributed by atoms with van der Waals surface area (Å²) < 4.78 is 2.71. The van der Waals surface area contributed by atoms with E-state index < -0.39 is 0 Å². The van der Waals surface area contributed by atoms with Crippen LogP contribution in [-0.4, -0.2) is 0 Å². The average molecular weight is 352 g/mol. The van der Waals surface area contributed by atoms with Gasteiger partial charge in [0.05, 0.1) is 5.00 Å². The Morgan fingerprint density at radius 1 is 0.917 bits per heavy atom. The molecule has 0 bridgehead atoms. The Kier molecular flexibility index (Phi) is 3.86. The van der Waals surface area contributed by atoms with Gasteiger partial charge in [0.25, 0.3) is 0 Å². The standard InChI is InChI=1S/C21H21NS2/c1-12(20-13(2)16-6-4-5-7-18(16)23-20)10-15-8-9-17-14(3)21(22)24-19(17)11-15/h4-9,11-12H,10,22H2,1-3H3. The molecule has 1 unspecified atom stereocenters. The fourth-order valence-corrected chi connectivity index (χ4v) is 5.83. The number of thiophene rings is 2. The van der Waals surface area contributed by atoms with Crippen LogP contribution in [0.25, 0.3) is 20.2 Å². The first-order chi connectivity index (χ1) is 11.5. The van der Waals surface area contributed by atoms with Gasteiger partial charge < -0.3 is 5.73 Å². The van der Waals surface area contributed by atoms with Gasteiger partial charge in [-0.25, -0.2) is 0 Å². The lowest BCUT2D eigenvalue weighted by molar-refractivity contribution is 0.771. The van der Waals surface area contributed by atoms with Crippen molar-refractivity contribution in [2.75, 3.05) is 5.73 Å². The van der Waals surface area contributed by atoms with Crippen LogP contribution in [0.15, 0.2) is 42.5 Å². The summed E-state index contributed by atoms with van der Waals surface area (Å²) in [5.74, 6) is 0.526. The summed E-state index contributed by atoms with van der Waals surface area (Å²) in [5.41, 5.74) is 10.1. The zero-order valence-corrected chi connectivity index (χ0v) is 15.9. The number of fused-ring (bicyclic) bond motifs is 2. The van der Waals surface area contributed by atoms with Crippen LogP contribution < -0.4 is 5.73 Å². The number of benzene rings is 2. The van der Waals surface area contributed by atoms with Crippen LogP contribution in [0.1, 0.15) is 34.4 Å². The van der Waals surface area contributed by atoms with Crippen LogP contribution in [0, 0.1) is 13.8 Å². The second-order valence-electron chi connectivity index (χ2n) is 6.61. The summed E-state index contributed by atoms with van der Waals surface area (Å²) in [4.78, 5) is 1.51. The van der Waals surface area contributed by atoms with E-state index in [1.165, 1.54) is 41.7 Å². The van der Waals surface area contributed by atoms with Crippen LogP contribution >= 0.6 is 22.7 Å². The van der Waals surface area contributed by atoms with E-state index in [-0.39, 0.29) is 0 Å². The molecule has 0 saturated carbocycles. The Morgan fingerprint density at radius 3 is 2.46 bits per heavy atom. The van der Waals surface area contributed by atoms with E-state index in [2.05, 4.69) is 63.2 Å². The second-order valence-corrected chi connectivity index (χ2v) is 8.78. The fourth-order valence-electron chi connectivity index (χ4n) is 3.53. The van der Waals surface area contributed by atoms with E-state index in [0.29, 0.717) is 5.92 Å². The molecule has 4 rings (SSSR count). The Labute approximate surface area is 150 Å². The third kappa shape index (κ3) is 2.52. The summed E-state index contributed by atoms with van der Waals surface area (Å²) in [7, 11) is 0. The van der Waals surface area contributed by atoms with E-state index in [1.807, 2.05) is 11.3 Å². The van der Waals surface area contributed by atoms with Crippen molar-refractivity contribution >= 4 is 47.8 Å². The maximum absolute atomic E-state index is 6.08. The molecule has 0 fully saturated rings. The molecule has 0 radical (unpaired) electrons. The second kappa shape index (κ2) is 5.91. The minimum atomic E-state index is 0.526. The molecule has 0 aliphatic heterocycles. The largest absolute Gasteiger partial charge is 0.390 e. The highest BCUT2D eigenvalue weighted by Gasteiger charge is 2.15. The molecule has 4 aromatic rings. The summed E-state index contributed by atoms with van der Waals surface area (Å²) in [6, 6.07) is 15.5. The number of hydrogen-bond acceptors (Lipinski definition) is 3. The molecule has 2 heterocycles. The molecule has 122 valence electrons. The predicted octanol–water partition coefficient (Wildman–Crippen LogP) is 6.66. The van der Waals surface area contributed by atoms with Crippen LogP contribution in [-0.2, 0) is 6.42 Å². The number of aryl methyl sites for hydroxylation is 2. The van der Waals surface area contributed by atoms with Gasteiger partial charge in [0.15, 0.2) is 0 Å². The van der Waals surface area contributed by atoms with Gasteiger partial charge in [0.1, 0.15) is 0 Å². The first kappa shape index (κ1) is 15.7. The van der Waals surface area contributed by atoms with Crippen LogP contribution in [0.4, 0.5) is 5.00 Å². The zero-order valence-electron chi connectivity index (χ0n) is 14.2. The van der Waals surface area contributed by atoms with Crippen molar-refractivity contribution in [1.82, 2.24) is 0 Å². The van der Waals surface area contributed by atoms with Gasteiger partial charge >= 0.3 is 0 Å². The van der Waals surface area contributed by atoms with Gasteiger partial charge in [-0.3, -0.25) is 0 Å². The third-order valence-electron chi connectivity index (χ3n) is 4.91. The molecule has 0 aliphatic carbocycles. The van der Waals surface area contributed by atoms with Crippen molar-refractivity contribution in [3.05, 3.63) is 64.0 Å². The number of nitrogens with two attached hydrogens (primary N) is 1. The van der Waals surface area contributed by atoms with Gasteiger partial charge in [0.2, 0.25) is 0 Å². The lowest BCUT2D eigenvalue weighted by Crippen LogP contribution is -1.97. The maximum Gasteiger partial charge on any atom is 0.0898 e. The maximum atomic E-state index is 6.08. The van der Waals surface area contributed by atoms with Crippen molar-refractivity contribution in [2.24, 2.45) is 0 Å². The summed E-state index contributed by atoms with van der Waals surface area (Å²) in [5, 5.41) is 3.64. The van der Waals surface area contributed by atoms with E-state index in [0.717, 1.165) is 11.4 Å². The SMILES string of the molecule is Cc1c(N)sc2cc(CC(C)c3sc4ccccc4c3C)ccc12. The number of hydrogen-bond donors (Lipinski definition) is 1. The van der Waals surface area contributed by atoms with E-state index in [4.69, 9.17) is 5.73 Å². The lowest BCUT2D eigenvalue weighted by Gasteiger charge is -2.11. The molecule has 2 aromatic heterocycles. The molecular weight excluding hydrogens is 330 g/mol. The lowest BCUT2D eigenvalue weighted by atomic mass is 9.96. The molecule has 0 saturated heterocycles. The highest BCUT2D eigenvalue weighted by molar-refractivity contribution is 7.22. The van der Waals surface area contributed by atoms with E-state index in [9.17, 15) is 0 Å². The van der Waals surface area contributed by atoms with Crippen molar-refractivity contribution < 1.29 is 0 Å². The van der Waals surface area contributed by atoms with Gasteiger partial charge in [-0.1, -0.05) is 37.3 Å². The third-order valence-corrected chi connectivity index (χ3v) is 7.50. The quantitative estimate of drug-likeness (QED) is 0.439. The summed E-state index contributed by atoms with van der Waals surface area (Å²) >= 11 is 3.65. The highest BCUT2D eigenvalue weighted by atomic mass is 32.1. The number of rotatable bonds is 3.